The molecule has 0 N–H and O–H groups in total. The summed E-state index contributed by atoms with van der Waals surface area (Å²) < 4.78 is 0. The Morgan fingerprint density at radius 1 is 1.04 bits per heavy atom. The first-order valence-corrected chi connectivity index (χ1v) is 9.19. The fourth-order valence-corrected chi connectivity index (χ4v) is 3.34. The molecule has 4 heteroatoms. The highest BCUT2D eigenvalue weighted by molar-refractivity contribution is 5.76. The van der Waals surface area contributed by atoms with E-state index in [1.165, 1.54) is 11.1 Å². The predicted octanol–water partition coefficient (Wildman–Crippen LogP) is 3.14. The van der Waals surface area contributed by atoms with Gasteiger partial charge in [0.25, 0.3) is 0 Å². The van der Waals surface area contributed by atoms with Crippen LogP contribution in [-0.2, 0) is 17.8 Å². The number of carbonyl (C=O) groups excluding carboxylic acids is 1. The van der Waals surface area contributed by atoms with Crippen LogP contribution in [0.5, 0.6) is 0 Å². The number of aryl methyl sites for hydroxylation is 2. The fourth-order valence-electron chi connectivity index (χ4n) is 3.34. The van der Waals surface area contributed by atoms with Crippen molar-refractivity contribution in [1.29, 1.82) is 5.26 Å². The van der Waals surface area contributed by atoms with Gasteiger partial charge < -0.3 is 4.90 Å². The first kappa shape index (κ1) is 18.2. The molecule has 4 nitrogen and oxygen atoms in total. The lowest BCUT2D eigenvalue weighted by atomic mass is 10.1. The van der Waals surface area contributed by atoms with Crippen molar-refractivity contribution in [2.24, 2.45) is 0 Å². The van der Waals surface area contributed by atoms with E-state index < -0.39 is 0 Å². The van der Waals surface area contributed by atoms with Crippen LogP contribution in [0.4, 0.5) is 0 Å². The number of carbonyl (C=O) groups is 1. The average molecular weight is 347 g/mol. The molecule has 1 aliphatic rings. The van der Waals surface area contributed by atoms with Gasteiger partial charge in [0.15, 0.2) is 0 Å². The van der Waals surface area contributed by atoms with Gasteiger partial charge in [-0.15, -0.1) is 0 Å². The van der Waals surface area contributed by atoms with E-state index in [2.05, 4.69) is 42.2 Å². The van der Waals surface area contributed by atoms with Gasteiger partial charge in [0.1, 0.15) is 0 Å². The van der Waals surface area contributed by atoms with Crippen LogP contribution in [0.2, 0.25) is 0 Å². The number of amides is 1. The molecular weight excluding hydrogens is 322 g/mol. The summed E-state index contributed by atoms with van der Waals surface area (Å²) in [4.78, 5) is 16.9. The molecule has 1 saturated heterocycles. The monoisotopic (exact) mass is 347 g/mol. The van der Waals surface area contributed by atoms with Crippen LogP contribution >= 0.6 is 0 Å². The van der Waals surface area contributed by atoms with E-state index in [4.69, 9.17) is 5.26 Å². The SMILES string of the molecule is Cc1ccccc1CN1CCN(C(=O)CCc2ccc(C#N)cc2)CC1. The minimum Gasteiger partial charge on any atom is -0.340 e. The smallest absolute Gasteiger partial charge is 0.222 e. The lowest BCUT2D eigenvalue weighted by Gasteiger charge is -2.35. The Kier molecular flexibility index (Phi) is 6.04. The standard InChI is InChI=1S/C22H25N3O/c1-18-4-2-3-5-21(18)17-24-12-14-25(15-13-24)22(26)11-10-19-6-8-20(16-23)9-7-19/h2-9H,10-15,17H2,1H3. The Morgan fingerprint density at radius 2 is 1.73 bits per heavy atom. The summed E-state index contributed by atoms with van der Waals surface area (Å²) in [6.07, 6.45) is 1.26. The van der Waals surface area contributed by atoms with Crippen molar-refractivity contribution >= 4 is 5.91 Å². The lowest BCUT2D eigenvalue weighted by Crippen LogP contribution is -2.48. The molecule has 26 heavy (non-hydrogen) atoms. The molecule has 0 aromatic heterocycles. The molecule has 0 saturated carbocycles. The van der Waals surface area contributed by atoms with Gasteiger partial charge in [0.2, 0.25) is 5.91 Å². The number of nitrogens with zero attached hydrogens (tertiary/aromatic N) is 3. The van der Waals surface area contributed by atoms with E-state index >= 15 is 0 Å². The first-order chi connectivity index (χ1) is 12.7. The molecule has 1 fully saturated rings. The molecule has 0 radical (unpaired) electrons. The highest BCUT2D eigenvalue weighted by Crippen LogP contribution is 2.14. The van der Waals surface area contributed by atoms with Crippen molar-refractivity contribution in [2.45, 2.75) is 26.3 Å². The largest absolute Gasteiger partial charge is 0.340 e. The van der Waals surface area contributed by atoms with Gasteiger partial charge in [0.05, 0.1) is 11.6 Å². The minimum atomic E-state index is 0.227. The number of piperazine rings is 1. The summed E-state index contributed by atoms with van der Waals surface area (Å²) in [5, 5.41) is 8.83. The van der Waals surface area contributed by atoms with Crippen molar-refractivity contribution in [3.8, 4) is 6.07 Å². The third kappa shape index (κ3) is 4.71. The van der Waals surface area contributed by atoms with E-state index in [0.717, 1.165) is 44.7 Å². The van der Waals surface area contributed by atoms with Crippen LogP contribution < -0.4 is 0 Å². The number of benzene rings is 2. The molecule has 0 aliphatic carbocycles. The number of nitriles is 1. The van der Waals surface area contributed by atoms with Crippen LogP contribution in [0.25, 0.3) is 0 Å². The quantitative estimate of drug-likeness (QED) is 0.835. The average Bonchev–Trinajstić information content (AvgIpc) is 2.69. The Morgan fingerprint density at radius 3 is 2.38 bits per heavy atom. The zero-order valence-electron chi connectivity index (χ0n) is 15.3. The third-order valence-corrected chi connectivity index (χ3v) is 5.09. The molecule has 2 aromatic carbocycles. The summed E-state index contributed by atoms with van der Waals surface area (Å²) in [6.45, 7) is 6.57. The molecule has 0 unspecified atom stereocenters. The van der Waals surface area contributed by atoms with E-state index in [1.807, 2.05) is 29.2 Å². The van der Waals surface area contributed by atoms with Gasteiger partial charge in [-0.25, -0.2) is 0 Å². The maximum atomic E-state index is 12.5. The molecule has 0 spiro atoms. The number of rotatable bonds is 5. The second kappa shape index (κ2) is 8.64. The predicted molar refractivity (Wildman–Crippen MR) is 103 cm³/mol. The van der Waals surface area contributed by atoms with E-state index in [0.29, 0.717) is 12.0 Å². The molecule has 0 atom stereocenters. The van der Waals surface area contributed by atoms with E-state index in [9.17, 15) is 4.79 Å². The van der Waals surface area contributed by atoms with Crippen molar-refractivity contribution in [2.75, 3.05) is 26.2 Å². The van der Waals surface area contributed by atoms with Crippen molar-refractivity contribution in [1.82, 2.24) is 9.80 Å². The van der Waals surface area contributed by atoms with Crippen molar-refractivity contribution < 1.29 is 4.79 Å². The fraction of sp³-hybridized carbons (Fsp3) is 0.364. The number of hydrogen-bond acceptors (Lipinski definition) is 3. The Hall–Kier alpha value is -2.64. The van der Waals surface area contributed by atoms with E-state index in [-0.39, 0.29) is 5.91 Å². The summed E-state index contributed by atoms with van der Waals surface area (Å²) in [5.74, 6) is 0.227. The van der Waals surface area contributed by atoms with Crippen LogP contribution in [-0.4, -0.2) is 41.9 Å². The molecular formula is C22H25N3O. The third-order valence-electron chi connectivity index (χ3n) is 5.09. The molecule has 134 valence electrons. The molecule has 1 amide bonds. The Labute approximate surface area is 155 Å². The second-order valence-electron chi connectivity index (χ2n) is 6.89. The van der Waals surface area contributed by atoms with Gasteiger partial charge in [0, 0.05) is 39.1 Å². The maximum Gasteiger partial charge on any atom is 0.222 e. The van der Waals surface area contributed by atoms with Crippen molar-refractivity contribution in [3.63, 3.8) is 0 Å². The molecule has 1 heterocycles. The molecule has 1 aliphatic heterocycles. The van der Waals surface area contributed by atoms with Gasteiger partial charge in [-0.05, 0) is 42.2 Å². The van der Waals surface area contributed by atoms with Gasteiger partial charge in [-0.3, -0.25) is 9.69 Å². The summed E-state index contributed by atoms with van der Waals surface area (Å²) in [7, 11) is 0. The summed E-state index contributed by atoms with van der Waals surface area (Å²) in [5.41, 5.74) is 4.46. The maximum absolute atomic E-state index is 12.5. The second-order valence-corrected chi connectivity index (χ2v) is 6.89. The summed E-state index contributed by atoms with van der Waals surface area (Å²) >= 11 is 0. The van der Waals surface area contributed by atoms with Crippen molar-refractivity contribution in [3.05, 3.63) is 70.8 Å². The zero-order chi connectivity index (χ0) is 18.4. The highest BCUT2D eigenvalue weighted by atomic mass is 16.2. The van der Waals surface area contributed by atoms with Crippen LogP contribution in [0, 0.1) is 18.3 Å². The van der Waals surface area contributed by atoms with Gasteiger partial charge in [-0.2, -0.15) is 5.26 Å². The molecule has 3 rings (SSSR count). The van der Waals surface area contributed by atoms with Crippen LogP contribution in [0.3, 0.4) is 0 Å². The number of hydrogen-bond donors (Lipinski definition) is 0. The zero-order valence-corrected chi connectivity index (χ0v) is 15.3. The van der Waals surface area contributed by atoms with E-state index in [1.54, 1.807) is 0 Å². The van der Waals surface area contributed by atoms with Gasteiger partial charge in [-0.1, -0.05) is 36.4 Å². The molecule has 0 bridgehead atoms. The van der Waals surface area contributed by atoms with Crippen LogP contribution in [0.15, 0.2) is 48.5 Å². The Bertz CT molecular complexity index is 784. The first-order valence-electron chi connectivity index (χ1n) is 9.19. The molecule has 2 aromatic rings. The van der Waals surface area contributed by atoms with Gasteiger partial charge >= 0.3 is 0 Å². The topological polar surface area (TPSA) is 47.3 Å². The lowest BCUT2D eigenvalue weighted by molar-refractivity contribution is -0.133. The minimum absolute atomic E-state index is 0.227. The van der Waals surface area contributed by atoms with Crippen LogP contribution in [0.1, 0.15) is 28.7 Å². The summed E-state index contributed by atoms with van der Waals surface area (Å²) in [6, 6.07) is 18.1. The Balaban J connectivity index is 1.44. The normalized spacial score (nSPS) is 14.8. The highest BCUT2D eigenvalue weighted by Gasteiger charge is 2.21.